The molecule has 0 radical (unpaired) electrons. The van der Waals surface area contributed by atoms with Crippen molar-refractivity contribution in [3.8, 4) is 0 Å². The van der Waals surface area contributed by atoms with Crippen LogP contribution in [0.1, 0.15) is 47.9 Å². The maximum atomic E-state index is 12.9. The van der Waals surface area contributed by atoms with E-state index in [4.69, 9.17) is 9.47 Å². The maximum Gasteiger partial charge on any atom is 0.255 e. The summed E-state index contributed by atoms with van der Waals surface area (Å²) < 4.78 is 11.8. The van der Waals surface area contributed by atoms with Crippen molar-refractivity contribution in [1.82, 2.24) is 9.88 Å². The standard InChI is InChI=1S/C18H28N2O3/c1-4-22-12-18-7-5-9-23-16(18)6-8-20(11-18)17(21)15-10-13(2)19-14(15)3/h10,16,19H,4-9,11-12H2,1-3H3/t16-,18+/m1/s1. The van der Waals surface area contributed by atoms with Crippen LogP contribution < -0.4 is 0 Å². The molecular formula is C18H28N2O3. The molecule has 0 spiro atoms. The fourth-order valence-corrected chi connectivity index (χ4v) is 4.10. The van der Waals surface area contributed by atoms with Crippen molar-refractivity contribution >= 4 is 5.91 Å². The molecule has 23 heavy (non-hydrogen) atoms. The fraction of sp³-hybridized carbons (Fsp3) is 0.722. The molecule has 3 heterocycles. The van der Waals surface area contributed by atoms with E-state index in [0.717, 1.165) is 55.9 Å². The molecule has 2 aliphatic heterocycles. The number of aromatic nitrogens is 1. The molecule has 0 unspecified atom stereocenters. The highest BCUT2D eigenvalue weighted by Crippen LogP contribution is 2.40. The Morgan fingerprint density at radius 1 is 1.52 bits per heavy atom. The van der Waals surface area contributed by atoms with E-state index in [1.807, 2.05) is 31.7 Å². The number of nitrogens with one attached hydrogen (secondary N) is 1. The van der Waals surface area contributed by atoms with Gasteiger partial charge in [-0.3, -0.25) is 4.79 Å². The van der Waals surface area contributed by atoms with Crippen LogP contribution >= 0.6 is 0 Å². The van der Waals surface area contributed by atoms with E-state index in [0.29, 0.717) is 13.2 Å². The fourth-order valence-electron chi connectivity index (χ4n) is 4.10. The topological polar surface area (TPSA) is 54.6 Å². The molecule has 0 aliphatic carbocycles. The second kappa shape index (κ2) is 6.65. The average molecular weight is 320 g/mol. The van der Waals surface area contributed by atoms with Gasteiger partial charge in [-0.25, -0.2) is 0 Å². The molecule has 5 nitrogen and oxygen atoms in total. The summed E-state index contributed by atoms with van der Waals surface area (Å²) in [4.78, 5) is 18.2. The van der Waals surface area contributed by atoms with Gasteiger partial charge in [-0.1, -0.05) is 0 Å². The monoisotopic (exact) mass is 320 g/mol. The highest BCUT2D eigenvalue weighted by atomic mass is 16.5. The number of aryl methyl sites for hydroxylation is 2. The number of piperidine rings is 1. The molecule has 2 atom stereocenters. The molecule has 2 saturated heterocycles. The number of amides is 1. The van der Waals surface area contributed by atoms with Crippen LogP contribution in [0.4, 0.5) is 0 Å². The third-order valence-corrected chi connectivity index (χ3v) is 5.25. The third kappa shape index (κ3) is 3.17. The number of H-pyrrole nitrogens is 1. The van der Waals surface area contributed by atoms with Crippen molar-refractivity contribution in [2.24, 2.45) is 5.41 Å². The largest absolute Gasteiger partial charge is 0.381 e. The highest BCUT2D eigenvalue weighted by molar-refractivity contribution is 5.95. The molecular weight excluding hydrogens is 292 g/mol. The Labute approximate surface area is 138 Å². The molecule has 1 N–H and O–H groups in total. The van der Waals surface area contributed by atoms with Crippen molar-refractivity contribution in [3.05, 3.63) is 23.0 Å². The van der Waals surface area contributed by atoms with Crippen LogP contribution in [0, 0.1) is 19.3 Å². The van der Waals surface area contributed by atoms with Gasteiger partial charge in [0.05, 0.1) is 18.3 Å². The Bertz CT molecular complexity index is 569. The Hall–Kier alpha value is -1.33. The third-order valence-electron chi connectivity index (χ3n) is 5.25. The molecule has 2 fully saturated rings. The maximum absolute atomic E-state index is 12.9. The first-order chi connectivity index (χ1) is 11.1. The molecule has 0 bridgehead atoms. The van der Waals surface area contributed by atoms with Crippen molar-refractivity contribution in [2.45, 2.75) is 46.1 Å². The number of carbonyl (C=O) groups is 1. The van der Waals surface area contributed by atoms with Crippen LogP contribution in [0.2, 0.25) is 0 Å². The number of hydrogen-bond acceptors (Lipinski definition) is 3. The Balaban J connectivity index is 1.79. The number of hydrogen-bond donors (Lipinski definition) is 1. The Morgan fingerprint density at radius 3 is 3.04 bits per heavy atom. The predicted octanol–water partition coefficient (Wildman–Crippen LogP) is 2.68. The lowest BCUT2D eigenvalue weighted by molar-refractivity contribution is -0.146. The summed E-state index contributed by atoms with van der Waals surface area (Å²) in [5, 5.41) is 0. The summed E-state index contributed by atoms with van der Waals surface area (Å²) in [6.45, 7) is 9.70. The minimum absolute atomic E-state index is 0.0403. The lowest BCUT2D eigenvalue weighted by Crippen LogP contribution is -2.58. The molecule has 5 heteroatoms. The van der Waals surface area contributed by atoms with Crippen LogP contribution in [0.5, 0.6) is 0 Å². The van der Waals surface area contributed by atoms with Gasteiger partial charge in [-0.2, -0.15) is 0 Å². The van der Waals surface area contributed by atoms with E-state index in [1.165, 1.54) is 0 Å². The second-order valence-corrected chi connectivity index (χ2v) is 6.97. The van der Waals surface area contributed by atoms with Gasteiger partial charge in [-0.15, -0.1) is 0 Å². The number of carbonyl (C=O) groups excluding carboxylic acids is 1. The first-order valence-corrected chi connectivity index (χ1v) is 8.70. The van der Waals surface area contributed by atoms with E-state index >= 15 is 0 Å². The molecule has 1 aromatic heterocycles. The number of aromatic amines is 1. The zero-order valence-corrected chi connectivity index (χ0v) is 14.5. The molecule has 128 valence electrons. The molecule has 1 aromatic rings. The van der Waals surface area contributed by atoms with Crippen LogP contribution in [-0.2, 0) is 9.47 Å². The minimum atomic E-state index is -0.0403. The van der Waals surface area contributed by atoms with Crippen molar-refractivity contribution in [2.75, 3.05) is 32.9 Å². The lowest BCUT2D eigenvalue weighted by Gasteiger charge is -2.50. The van der Waals surface area contributed by atoms with Gasteiger partial charge in [0.1, 0.15) is 0 Å². The average Bonchev–Trinajstić information content (AvgIpc) is 2.90. The lowest BCUT2D eigenvalue weighted by atomic mass is 9.73. The van der Waals surface area contributed by atoms with Crippen molar-refractivity contribution in [3.63, 3.8) is 0 Å². The molecule has 0 aromatic carbocycles. The van der Waals surface area contributed by atoms with Gasteiger partial charge in [0.15, 0.2) is 0 Å². The summed E-state index contributed by atoms with van der Waals surface area (Å²) in [6.07, 6.45) is 3.25. The molecule has 0 saturated carbocycles. The predicted molar refractivity (Wildman–Crippen MR) is 88.7 cm³/mol. The zero-order valence-electron chi connectivity index (χ0n) is 14.5. The summed E-state index contributed by atoms with van der Waals surface area (Å²) >= 11 is 0. The van der Waals surface area contributed by atoms with Gasteiger partial charge < -0.3 is 19.4 Å². The summed E-state index contributed by atoms with van der Waals surface area (Å²) in [5.41, 5.74) is 2.74. The number of nitrogens with zero attached hydrogens (tertiary/aromatic N) is 1. The Kier molecular flexibility index (Phi) is 4.78. The molecule has 2 aliphatic rings. The van der Waals surface area contributed by atoms with E-state index < -0.39 is 0 Å². The van der Waals surface area contributed by atoms with Gasteiger partial charge >= 0.3 is 0 Å². The van der Waals surface area contributed by atoms with E-state index in [2.05, 4.69) is 4.98 Å². The minimum Gasteiger partial charge on any atom is -0.381 e. The van der Waals surface area contributed by atoms with E-state index in [9.17, 15) is 4.79 Å². The molecule has 1 amide bonds. The van der Waals surface area contributed by atoms with Gasteiger partial charge in [0.2, 0.25) is 0 Å². The summed E-state index contributed by atoms with van der Waals surface area (Å²) in [5.74, 6) is 0.131. The van der Waals surface area contributed by atoms with Gasteiger partial charge in [0.25, 0.3) is 5.91 Å². The van der Waals surface area contributed by atoms with Crippen LogP contribution in [0.3, 0.4) is 0 Å². The van der Waals surface area contributed by atoms with Crippen LogP contribution in [-0.4, -0.2) is 54.8 Å². The highest BCUT2D eigenvalue weighted by Gasteiger charge is 2.47. The van der Waals surface area contributed by atoms with E-state index in [-0.39, 0.29) is 17.4 Å². The van der Waals surface area contributed by atoms with Crippen LogP contribution in [0.25, 0.3) is 0 Å². The zero-order chi connectivity index (χ0) is 16.4. The first-order valence-electron chi connectivity index (χ1n) is 8.70. The Morgan fingerprint density at radius 2 is 2.35 bits per heavy atom. The summed E-state index contributed by atoms with van der Waals surface area (Å²) in [6, 6.07) is 1.95. The second-order valence-electron chi connectivity index (χ2n) is 6.97. The number of likely N-dealkylation sites (tertiary alicyclic amines) is 1. The van der Waals surface area contributed by atoms with Crippen molar-refractivity contribution in [1.29, 1.82) is 0 Å². The normalized spacial score (nSPS) is 27.8. The quantitative estimate of drug-likeness (QED) is 0.928. The van der Waals surface area contributed by atoms with E-state index in [1.54, 1.807) is 0 Å². The van der Waals surface area contributed by atoms with Crippen molar-refractivity contribution < 1.29 is 14.3 Å². The number of fused-ring (bicyclic) bond motifs is 1. The molecule has 3 rings (SSSR count). The number of rotatable bonds is 4. The first kappa shape index (κ1) is 16.5. The number of ether oxygens (including phenoxy) is 2. The summed E-state index contributed by atoms with van der Waals surface area (Å²) in [7, 11) is 0. The SMILES string of the molecule is CCOC[C@@]12CCCO[C@@H]1CCN(C(=O)c1cc(C)[nH]c1C)C2. The smallest absolute Gasteiger partial charge is 0.255 e. The van der Waals surface area contributed by atoms with Gasteiger partial charge in [-0.05, 0) is 46.1 Å². The van der Waals surface area contributed by atoms with Crippen LogP contribution in [0.15, 0.2) is 6.07 Å². The van der Waals surface area contributed by atoms with Gasteiger partial charge in [0, 0.05) is 43.1 Å².